The third kappa shape index (κ3) is 3.22. The van der Waals surface area contributed by atoms with E-state index in [9.17, 15) is 9.18 Å². The second kappa shape index (κ2) is 5.97. The van der Waals surface area contributed by atoms with Crippen LogP contribution in [0.25, 0.3) is 11.4 Å². The van der Waals surface area contributed by atoms with Crippen LogP contribution >= 0.6 is 0 Å². The van der Waals surface area contributed by atoms with Gasteiger partial charge in [-0.15, -0.1) is 5.06 Å². The van der Waals surface area contributed by atoms with Gasteiger partial charge < -0.3 is 4.84 Å². The number of halogens is 1. The van der Waals surface area contributed by atoms with Crippen molar-refractivity contribution in [3.8, 4) is 11.4 Å². The van der Waals surface area contributed by atoms with Crippen LogP contribution in [0.15, 0.2) is 36.7 Å². The summed E-state index contributed by atoms with van der Waals surface area (Å²) in [4.78, 5) is 25.3. The minimum atomic E-state index is -0.470. The van der Waals surface area contributed by atoms with E-state index in [-0.39, 0.29) is 11.4 Å². The number of carbonyl (C=O) groups excluding carboxylic acids is 1. The molecule has 1 aromatic heterocycles. The van der Waals surface area contributed by atoms with Crippen LogP contribution in [0, 0.1) is 5.82 Å². The van der Waals surface area contributed by atoms with Gasteiger partial charge in [-0.3, -0.25) is 0 Å². The minimum Gasteiger partial charge on any atom is -0.364 e. The zero-order valence-corrected chi connectivity index (χ0v) is 11.3. The maximum atomic E-state index is 13.2. The summed E-state index contributed by atoms with van der Waals surface area (Å²) in [6, 6.07) is 5.99. The fourth-order valence-electron chi connectivity index (χ4n) is 2.16. The Morgan fingerprint density at radius 2 is 1.90 bits per heavy atom. The van der Waals surface area contributed by atoms with Gasteiger partial charge in [0.2, 0.25) is 0 Å². The Bertz CT molecular complexity index is 640. The molecule has 0 bridgehead atoms. The van der Waals surface area contributed by atoms with E-state index in [1.165, 1.54) is 24.5 Å². The van der Waals surface area contributed by atoms with E-state index >= 15 is 0 Å². The van der Waals surface area contributed by atoms with E-state index in [2.05, 4.69) is 9.97 Å². The molecule has 1 aromatic carbocycles. The number of hydrogen-bond donors (Lipinski definition) is 0. The van der Waals surface area contributed by atoms with Gasteiger partial charge in [0.05, 0.1) is 5.56 Å². The third-order valence-corrected chi connectivity index (χ3v) is 3.25. The molecule has 0 aliphatic carbocycles. The number of carbonyl (C=O) groups is 1. The van der Waals surface area contributed by atoms with Gasteiger partial charge in [-0.25, -0.2) is 19.2 Å². The fourth-order valence-corrected chi connectivity index (χ4v) is 2.16. The molecule has 6 heteroatoms. The molecule has 0 amide bonds. The molecule has 0 spiro atoms. The van der Waals surface area contributed by atoms with Crippen LogP contribution in [-0.2, 0) is 4.84 Å². The molecule has 0 saturated carbocycles. The van der Waals surface area contributed by atoms with Gasteiger partial charge >= 0.3 is 5.97 Å². The quantitative estimate of drug-likeness (QED) is 0.868. The summed E-state index contributed by atoms with van der Waals surface area (Å²) in [5.41, 5.74) is 0.844. The second-order valence-electron chi connectivity index (χ2n) is 4.82. The SMILES string of the molecule is O=C(ON1CCCC1)c1cnc(-c2cccc(F)c2)nc1. The first-order chi connectivity index (χ1) is 10.2. The van der Waals surface area contributed by atoms with Crippen molar-refractivity contribution < 1.29 is 14.0 Å². The number of benzene rings is 1. The monoisotopic (exact) mass is 287 g/mol. The highest BCUT2D eigenvalue weighted by atomic mass is 19.1. The Balaban J connectivity index is 1.72. The van der Waals surface area contributed by atoms with Crippen LogP contribution in [0.4, 0.5) is 4.39 Å². The van der Waals surface area contributed by atoms with Crippen LogP contribution in [0.3, 0.4) is 0 Å². The minimum absolute atomic E-state index is 0.280. The van der Waals surface area contributed by atoms with E-state index in [4.69, 9.17) is 4.84 Å². The predicted molar refractivity (Wildman–Crippen MR) is 73.6 cm³/mol. The van der Waals surface area contributed by atoms with E-state index in [1.807, 2.05) is 0 Å². The van der Waals surface area contributed by atoms with Gasteiger partial charge in [0.1, 0.15) is 5.82 Å². The molecular weight excluding hydrogens is 273 g/mol. The first-order valence-electron chi connectivity index (χ1n) is 6.77. The Hall–Kier alpha value is -2.34. The van der Waals surface area contributed by atoms with Crippen molar-refractivity contribution in [1.29, 1.82) is 0 Å². The van der Waals surface area contributed by atoms with E-state index in [0.29, 0.717) is 11.4 Å². The van der Waals surface area contributed by atoms with Crippen molar-refractivity contribution in [3.63, 3.8) is 0 Å². The van der Waals surface area contributed by atoms with Crippen molar-refractivity contribution in [3.05, 3.63) is 48.0 Å². The lowest BCUT2D eigenvalue weighted by Crippen LogP contribution is -2.24. The van der Waals surface area contributed by atoms with Gasteiger partial charge in [-0.1, -0.05) is 12.1 Å². The van der Waals surface area contributed by atoms with Crippen LogP contribution < -0.4 is 0 Å². The fraction of sp³-hybridized carbons (Fsp3) is 0.267. The Kier molecular flexibility index (Phi) is 3.87. The number of hydroxylamine groups is 2. The number of aromatic nitrogens is 2. The highest BCUT2D eigenvalue weighted by Crippen LogP contribution is 2.16. The number of nitrogens with zero attached hydrogens (tertiary/aromatic N) is 3. The highest BCUT2D eigenvalue weighted by molar-refractivity contribution is 5.88. The molecule has 1 aliphatic heterocycles. The molecule has 0 radical (unpaired) electrons. The first kappa shape index (κ1) is 13.6. The Labute approximate surface area is 121 Å². The van der Waals surface area contributed by atoms with Gasteiger partial charge in [0.15, 0.2) is 5.82 Å². The van der Waals surface area contributed by atoms with Crippen molar-refractivity contribution in [2.75, 3.05) is 13.1 Å². The molecule has 3 rings (SSSR count). The Morgan fingerprint density at radius 1 is 1.19 bits per heavy atom. The van der Waals surface area contributed by atoms with Crippen LogP contribution in [0.1, 0.15) is 23.2 Å². The molecule has 2 aromatic rings. The second-order valence-corrected chi connectivity index (χ2v) is 4.82. The molecule has 108 valence electrons. The maximum absolute atomic E-state index is 13.2. The van der Waals surface area contributed by atoms with Gasteiger partial charge in [0.25, 0.3) is 0 Å². The van der Waals surface area contributed by atoms with E-state index in [0.717, 1.165) is 25.9 Å². The summed E-state index contributed by atoms with van der Waals surface area (Å²) in [6.07, 6.45) is 4.85. The molecule has 1 fully saturated rings. The molecule has 1 aliphatic rings. The third-order valence-electron chi connectivity index (χ3n) is 3.25. The van der Waals surface area contributed by atoms with Crippen molar-refractivity contribution >= 4 is 5.97 Å². The van der Waals surface area contributed by atoms with Crippen LogP contribution in [0.2, 0.25) is 0 Å². The average Bonchev–Trinajstić information content (AvgIpc) is 3.00. The molecule has 21 heavy (non-hydrogen) atoms. The normalized spacial score (nSPS) is 15.1. The van der Waals surface area contributed by atoms with E-state index < -0.39 is 5.97 Å². The smallest absolute Gasteiger partial charge is 0.360 e. The standard InChI is InChI=1S/C15H14FN3O2/c16-13-5-3-4-11(8-13)14-17-9-12(10-18-14)15(20)21-19-6-1-2-7-19/h3-5,8-10H,1-2,6-7H2. The number of hydrogen-bond acceptors (Lipinski definition) is 5. The molecule has 0 atom stereocenters. The lowest BCUT2D eigenvalue weighted by molar-refractivity contribution is -0.0928. The summed E-state index contributed by atoms with van der Waals surface area (Å²) in [5.74, 6) is -0.455. The van der Waals surface area contributed by atoms with E-state index in [1.54, 1.807) is 17.2 Å². The topological polar surface area (TPSA) is 55.3 Å². The first-order valence-corrected chi connectivity index (χ1v) is 6.77. The largest absolute Gasteiger partial charge is 0.364 e. The summed E-state index contributed by atoms with van der Waals surface area (Å²) in [7, 11) is 0. The van der Waals surface area contributed by atoms with Crippen LogP contribution in [-0.4, -0.2) is 34.1 Å². The molecule has 5 nitrogen and oxygen atoms in total. The molecular formula is C15H14FN3O2. The average molecular weight is 287 g/mol. The summed E-state index contributed by atoms with van der Waals surface area (Å²) < 4.78 is 13.2. The molecule has 2 heterocycles. The van der Waals surface area contributed by atoms with Crippen molar-refractivity contribution in [2.45, 2.75) is 12.8 Å². The van der Waals surface area contributed by atoms with Gasteiger partial charge in [0, 0.05) is 31.0 Å². The van der Waals surface area contributed by atoms with Crippen molar-refractivity contribution in [2.24, 2.45) is 0 Å². The lowest BCUT2D eigenvalue weighted by Gasteiger charge is -2.13. The van der Waals surface area contributed by atoms with Gasteiger partial charge in [-0.2, -0.15) is 0 Å². The molecule has 0 N–H and O–H groups in total. The van der Waals surface area contributed by atoms with Crippen LogP contribution in [0.5, 0.6) is 0 Å². The maximum Gasteiger partial charge on any atom is 0.360 e. The summed E-state index contributed by atoms with van der Waals surface area (Å²) in [6.45, 7) is 1.52. The highest BCUT2D eigenvalue weighted by Gasteiger charge is 2.18. The molecule has 0 unspecified atom stereocenters. The Morgan fingerprint density at radius 3 is 2.57 bits per heavy atom. The lowest BCUT2D eigenvalue weighted by atomic mass is 10.2. The summed E-state index contributed by atoms with van der Waals surface area (Å²) >= 11 is 0. The number of rotatable bonds is 3. The van der Waals surface area contributed by atoms with Crippen molar-refractivity contribution in [1.82, 2.24) is 15.0 Å². The summed E-state index contributed by atoms with van der Waals surface area (Å²) in [5, 5.41) is 1.64. The van der Waals surface area contributed by atoms with Gasteiger partial charge in [-0.05, 0) is 25.0 Å². The molecule has 1 saturated heterocycles. The zero-order chi connectivity index (χ0) is 14.7. The predicted octanol–water partition coefficient (Wildman–Crippen LogP) is 2.45. The zero-order valence-electron chi connectivity index (χ0n) is 11.3.